The smallest absolute Gasteiger partial charge is 0.217 e. The van der Waals surface area contributed by atoms with E-state index in [1.807, 2.05) is 13.8 Å². The number of nitrogens with two attached hydrogens (primary N) is 1. The Morgan fingerprint density at radius 1 is 1.21 bits per heavy atom. The van der Waals surface area contributed by atoms with E-state index in [1.165, 1.54) is 0 Å². The Morgan fingerprint density at radius 2 is 1.74 bits per heavy atom. The van der Waals surface area contributed by atoms with Crippen LogP contribution in [-0.2, 0) is 14.3 Å². The predicted octanol–water partition coefficient (Wildman–Crippen LogP) is 3.28. The first kappa shape index (κ1) is 18.4. The lowest BCUT2D eigenvalue weighted by Gasteiger charge is -2.29. The SMILES string of the molecule is CC.CC(C)OC1CCC(OCCCC(N)=O)CC1.[HH]. The Kier molecular flexibility index (Phi) is 10.9. The van der Waals surface area contributed by atoms with Gasteiger partial charge >= 0.3 is 0 Å². The van der Waals surface area contributed by atoms with E-state index in [0.29, 0.717) is 31.3 Å². The van der Waals surface area contributed by atoms with Crippen molar-refractivity contribution < 1.29 is 15.7 Å². The minimum Gasteiger partial charge on any atom is -0.378 e. The summed E-state index contributed by atoms with van der Waals surface area (Å²) in [6.45, 7) is 8.79. The highest BCUT2D eigenvalue weighted by Gasteiger charge is 2.22. The number of amides is 1. The highest BCUT2D eigenvalue weighted by Crippen LogP contribution is 2.24. The van der Waals surface area contributed by atoms with E-state index >= 15 is 0 Å². The van der Waals surface area contributed by atoms with E-state index < -0.39 is 0 Å². The number of carbonyl (C=O) groups excluding carboxylic acids is 1. The maximum Gasteiger partial charge on any atom is 0.217 e. The Balaban J connectivity index is 0. The molecule has 0 radical (unpaired) electrons. The van der Waals surface area contributed by atoms with Crippen molar-refractivity contribution in [3.63, 3.8) is 0 Å². The molecule has 1 saturated carbocycles. The lowest BCUT2D eigenvalue weighted by molar-refractivity contribution is -0.118. The van der Waals surface area contributed by atoms with Crippen LogP contribution < -0.4 is 5.73 Å². The molecule has 0 heterocycles. The van der Waals surface area contributed by atoms with Crippen LogP contribution in [-0.4, -0.2) is 30.8 Å². The summed E-state index contributed by atoms with van der Waals surface area (Å²) in [6.07, 6.45) is 6.51. The molecule has 1 aliphatic carbocycles. The summed E-state index contributed by atoms with van der Waals surface area (Å²) in [4.78, 5) is 10.5. The van der Waals surface area contributed by atoms with Crippen LogP contribution >= 0.6 is 0 Å². The van der Waals surface area contributed by atoms with Crippen LogP contribution in [0.2, 0.25) is 0 Å². The molecule has 1 fully saturated rings. The lowest BCUT2D eigenvalue weighted by Crippen LogP contribution is -2.28. The van der Waals surface area contributed by atoms with Gasteiger partial charge < -0.3 is 15.2 Å². The molecule has 0 aliphatic heterocycles. The van der Waals surface area contributed by atoms with Gasteiger partial charge in [0.1, 0.15) is 0 Å². The molecule has 0 aromatic heterocycles. The van der Waals surface area contributed by atoms with Crippen LogP contribution in [0.3, 0.4) is 0 Å². The van der Waals surface area contributed by atoms with Gasteiger partial charge in [-0.2, -0.15) is 0 Å². The highest BCUT2D eigenvalue weighted by molar-refractivity contribution is 5.73. The molecule has 1 amide bonds. The minimum absolute atomic E-state index is 0. The third kappa shape index (κ3) is 9.91. The van der Waals surface area contributed by atoms with E-state index in [2.05, 4.69) is 13.8 Å². The van der Waals surface area contributed by atoms with E-state index in [4.69, 9.17) is 15.2 Å². The Labute approximate surface area is 119 Å². The Hall–Kier alpha value is -0.610. The maximum atomic E-state index is 10.5. The summed E-state index contributed by atoms with van der Waals surface area (Å²) in [7, 11) is 0. The fraction of sp³-hybridized carbons (Fsp3) is 0.933. The van der Waals surface area contributed by atoms with Gasteiger partial charge in [-0.05, 0) is 46.0 Å². The van der Waals surface area contributed by atoms with Gasteiger partial charge in [0, 0.05) is 14.5 Å². The Bertz CT molecular complexity index is 229. The summed E-state index contributed by atoms with van der Waals surface area (Å²) >= 11 is 0. The average Bonchev–Trinajstić information content (AvgIpc) is 2.38. The number of rotatable bonds is 7. The molecule has 2 N–H and O–H groups in total. The standard InChI is InChI=1S/C13H25NO3.C2H6.H2/c1-10(2)17-12-7-5-11(6-8-12)16-9-3-4-13(14)15;1-2;/h10-12H,3-9H2,1-2H3,(H2,14,15);1-2H3;1H. The number of carbonyl (C=O) groups is 1. The summed E-state index contributed by atoms with van der Waals surface area (Å²) in [6, 6.07) is 0. The van der Waals surface area contributed by atoms with Gasteiger partial charge in [-0.25, -0.2) is 0 Å². The van der Waals surface area contributed by atoms with Crippen molar-refractivity contribution in [1.82, 2.24) is 0 Å². The van der Waals surface area contributed by atoms with Gasteiger partial charge in [-0.1, -0.05) is 13.8 Å². The fourth-order valence-electron chi connectivity index (χ4n) is 2.22. The van der Waals surface area contributed by atoms with Crippen molar-refractivity contribution >= 4 is 5.91 Å². The first-order valence-electron chi connectivity index (χ1n) is 7.63. The third-order valence-electron chi connectivity index (χ3n) is 3.01. The molecular weight excluding hydrogens is 242 g/mol. The average molecular weight is 275 g/mol. The zero-order valence-electron chi connectivity index (χ0n) is 13.0. The van der Waals surface area contributed by atoms with Crippen molar-refractivity contribution in [2.24, 2.45) is 5.73 Å². The van der Waals surface area contributed by atoms with Crippen LogP contribution in [0.5, 0.6) is 0 Å². The zero-order chi connectivity index (χ0) is 14.7. The van der Waals surface area contributed by atoms with Crippen molar-refractivity contribution in [2.75, 3.05) is 6.61 Å². The van der Waals surface area contributed by atoms with Crippen LogP contribution in [0.15, 0.2) is 0 Å². The zero-order valence-corrected chi connectivity index (χ0v) is 13.0. The van der Waals surface area contributed by atoms with E-state index in [1.54, 1.807) is 0 Å². The Morgan fingerprint density at radius 3 is 2.21 bits per heavy atom. The van der Waals surface area contributed by atoms with E-state index in [-0.39, 0.29) is 7.33 Å². The van der Waals surface area contributed by atoms with Gasteiger partial charge in [0.15, 0.2) is 0 Å². The quantitative estimate of drug-likeness (QED) is 0.725. The summed E-state index contributed by atoms with van der Waals surface area (Å²) < 4.78 is 11.5. The van der Waals surface area contributed by atoms with Gasteiger partial charge in [-0.3, -0.25) is 4.79 Å². The highest BCUT2D eigenvalue weighted by atomic mass is 16.5. The summed E-state index contributed by atoms with van der Waals surface area (Å²) in [5.74, 6) is -0.248. The molecular formula is C15H33NO3. The van der Waals surface area contributed by atoms with Gasteiger partial charge in [-0.15, -0.1) is 0 Å². The van der Waals surface area contributed by atoms with Crippen molar-refractivity contribution in [1.29, 1.82) is 0 Å². The van der Waals surface area contributed by atoms with Gasteiger partial charge in [0.05, 0.1) is 18.3 Å². The fourth-order valence-corrected chi connectivity index (χ4v) is 2.22. The monoisotopic (exact) mass is 275 g/mol. The van der Waals surface area contributed by atoms with Crippen LogP contribution in [0, 0.1) is 0 Å². The number of hydrogen-bond donors (Lipinski definition) is 1. The molecule has 0 unspecified atom stereocenters. The normalized spacial score (nSPS) is 22.8. The van der Waals surface area contributed by atoms with Crippen LogP contribution in [0.1, 0.15) is 67.6 Å². The maximum absolute atomic E-state index is 10.5. The largest absolute Gasteiger partial charge is 0.378 e. The molecule has 0 spiro atoms. The van der Waals surface area contributed by atoms with E-state index in [9.17, 15) is 4.79 Å². The molecule has 0 bridgehead atoms. The molecule has 0 atom stereocenters. The molecule has 19 heavy (non-hydrogen) atoms. The number of primary amides is 1. The number of ether oxygens (including phenoxy) is 2. The second kappa shape index (κ2) is 11.2. The third-order valence-corrected chi connectivity index (χ3v) is 3.01. The van der Waals surface area contributed by atoms with E-state index in [0.717, 1.165) is 32.1 Å². The second-order valence-electron chi connectivity index (χ2n) is 5.02. The molecule has 1 aliphatic rings. The molecule has 4 nitrogen and oxygen atoms in total. The first-order chi connectivity index (χ1) is 9.08. The van der Waals surface area contributed by atoms with Gasteiger partial charge in [0.25, 0.3) is 0 Å². The first-order valence-corrected chi connectivity index (χ1v) is 7.63. The second-order valence-corrected chi connectivity index (χ2v) is 5.02. The van der Waals surface area contributed by atoms with Crippen LogP contribution in [0.4, 0.5) is 0 Å². The van der Waals surface area contributed by atoms with Crippen molar-refractivity contribution in [3.8, 4) is 0 Å². The number of hydrogen-bond acceptors (Lipinski definition) is 3. The molecule has 0 saturated heterocycles. The molecule has 4 heteroatoms. The topological polar surface area (TPSA) is 61.6 Å². The lowest BCUT2D eigenvalue weighted by atomic mass is 9.95. The molecule has 116 valence electrons. The minimum atomic E-state index is -0.248. The summed E-state index contributed by atoms with van der Waals surface area (Å²) in [5, 5.41) is 0. The molecule has 1 rings (SSSR count). The van der Waals surface area contributed by atoms with Gasteiger partial charge in [0.2, 0.25) is 5.91 Å². The molecule has 0 aromatic carbocycles. The van der Waals surface area contributed by atoms with Crippen molar-refractivity contribution in [3.05, 3.63) is 0 Å². The molecule has 0 aromatic rings. The predicted molar refractivity (Wildman–Crippen MR) is 80.1 cm³/mol. The van der Waals surface area contributed by atoms with Crippen LogP contribution in [0.25, 0.3) is 0 Å². The van der Waals surface area contributed by atoms with Crippen molar-refractivity contribution in [2.45, 2.75) is 84.5 Å². The summed E-state index contributed by atoms with van der Waals surface area (Å²) in [5.41, 5.74) is 5.07.